The van der Waals surface area contributed by atoms with Crippen LogP contribution in [0.4, 0.5) is 5.69 Å². The van der Waals surface area contributed by atoms with Crippen LogP contribution in [0.5, 0.6) is 5.88 Å². The molecule has 0 radical (unpaired) electrons. The van der Waals surface area contributed by atoms with E-state index in [1.54, 1.807) is 37.3 Å². The molecule has 0 fully saturated rings. The number of aliphatic hydroxyl groups is 1. The molecule has 0 saturated heterocycles. The molecule has 1 heterocycles. The highest BCUT2D eigenvalue weighted by Crippen LogP contribution is 2.33. The number of aromatic hydroxyl groups is 1. The molecule has 4 rings (SSSR count). The van der Waals surface area contributed by atoms with Crippen LogP contribution in [0, 0.1) is 6.92 Å². The number of aromatic carboxylic acids is 1. The van der Waals surface area contributed by atoms with Crippen molar-refractivity contribution in [1.82, 2.24) is 15.2 Å². The van der Waals surface area contributed by atoms with E-state index in [-0.39, 0.29) is 24.0 Å². The fourth-order valence-corrected chi connectivity index (χ4v) is 4.23. The minimum Gasteiger partial charge on any atom is -0.494 e. The third-order valence-electron chi connectivity index (χ3n) is 6.27. The van der Waals surface area contributed by atoms with Crippen molar-refractivity contribution >= 4 is 34.2 Å². The summed E-state index contributed by atoms with van der Waals surface area (Å²) < 4.78 is 0. The summed E-state index contributed by atoms with van der Waals surface area (Å²) in [7, 11) is 1.87. The molecule has 0 unspecified atom stereocenters. The maximum atomic E-state index is 12.5. The van der Waals surface area contributed by atoms with Gasteiger partial charge in [-0.25, -0.2) is 9.79 Å². The number of aliphatic imine (C=N–C) groups is 1. The standard InChI is InChI=1S/C29H30N4O5/c1-18-16-23-24(17-22(18)29(37)38)32-28(36)25(23)26(19-6-4-3-5-7-19)31-21-10-8-20(9-11-21)27(35)30-12-13-33(2)14-15-34/h3-11,16-17,32,34,36H,12-15H2,1-2H3,(H,30,35)(H,37,38). The number of hydrogen-bond acceptors (Lipinski definition) is 6. The number of aromatic nitrogens is 1. The van der Waals surface area contributed by atoms with Crippen molar-refractivity contribution in [3.8, 4) is 5.88 Å². The molecular weight excluding hydrogens is 484 g/mol. The fourth-order valence-electron chi connectivity index (χ4n) is 4.23. The van der Waals surface area contributed by atoms with Gasteiger partial charge in [0.1, 0.15) is 0 Å². The quantitative estimate of drug-likeness (QED) is 0.205. The van der Waals surface area contributed by atoms with Crippen LogP contribution in [0.1, 0.15) is 37.4 Å². The zero-order valence-corrected chi connectivity index (χ0v) is 21.2. The molecule has 3 aromatic carbocycles. The van der Waals surface area contributed by atoms with Crippen LogP contribution >= 0.6 is 0 Å². The van der Waals surface area contributed by atoms with Crippen LogP contribution < -0.4 is 5.32 Å². The highest BCUT2D eigenvalue weighted by molar-refractivity contribution is 6.22. The van der Waals surface area contributed by atoms with Crippen molar-refractivity contribution in [2.45, 2.75) is 6.92 Å². The van der Waals surface area contributed by atoms with Gasteiger partial charge in [-0.05, 0) is 55.9 Å². The van der Waals surface area contributed by atoms with Crippen molar-refractivity contribution in [3.63, 3.8) is 0 Å². The molecule has 0 aliphatic carbocycles. The van der Waals surface area contributed by atoms with Gasteiger partial charge in [-0.1, -0.05) is 30.3 Å². The van der Waals surface area contributed by atoms with Gasteiger partial charge in [-0.3, -0.25) is 4.79 Å². The third-order valence-corrected chi connectivity index (χ3v) is 6.27. The van der Waals surface area contributed by atoms with Gasteiger partial charge in [-0.15, -0.1) is 0 Å². The second-order valence-corrected chi connectivity index (χ2v) is 9.02. The third kappa shape index (κ3) is 5.91. The summed E-state index contributed by atoms with van der Waals surface area (Å²) in [5, 5.41) is 32.9. The van der Waals surface area contributed by atoms with Gasteiger partial charge in [0.25, 0.3) is 5.91 Å². The summed E-state index contributed by atoms with van der Waals surface area (Å²) in [6.45, 7) is 3.40. The summed E-state index contributed by atoms with van der Waals surface area (Å²) in [6, 6.07) is 19.5. The first-order chi connectivity index (χ1) is 18.3. The molecular formula is C29H30N4O5. The number of hydrogen-bond donors (Lipinski definition) is 5. The lowest BCUT2D eigenvalue weighted by Gasteiger charge is -2.15. The van der Waals surface area contributed by atoms with Crippen molar-refractivity contribution in [2.75, 3.05) is 33.3 Å². The summed E-state index contributed by atoms with van der Waals surface area (Å²) in [6.07, 6.45) is 0. The second kappa shape index (κ2) is 11.7. The average Bonchev–Trinajstić information content (AvgIpc) is 3.21. The molecule has 0 bridgehead atoms. The van der Waals surface area contributed by atoms with Crippen LogP contribution in [0.2, 0.25) is 0 Å². The Balaban J connectivity index is 1.68. The molecule has 9 nitrogen and oxygen atoms in total. The van der Waals surface area contributed by atoms with E-state index in [4.69, 9.17) is 10.1 Å². The van der Waals surface area contributed by atoms with Gasteiger partial charge in [0.2, 0.25) is 0 Å². The lowest BCUT2D eigenvalue weighted by molar-refractivity contribution is 0.0696. The Bertz CT molecular complexity index is 1480. The van der Waals surface area contributed by atoms with Gasteiger partial charge < -0.3 is 30.5 Å². The Kier molecular flexibility index (Phi) is 8.20. The van der Waals surface area contributed by atoms with Crippen LogP contribution in [-0.4, -0.2) is 76.1 Å². The molecule has 5 N–H and O–H groups in total. The number of aryl methyl sites for hydroxylation is 1. The Morgan fingerprint density at radius 1 is 1.00 bits per heavy atom. The molecule has 0 atom stereocenters. The van der Waals surface area contributed by atoms with E-state index in [0.717, 1.165) is 5.56 Å². The van der Waals surface area contributed by atoms with Gasteiger partial charge >= 0.3 is 5.97 Å². The van der Waals surface area contributed by atoms with Gasteiger partial charge in [0.15, 0.2) is 5.88 Å². The largest absolute Gasteiger partial charge is 0.494 e. The summed E-state index contributed by atoms with van der Waals surface area (Å²) in [5.74, 6) is -1.37. The lowest BCUT2D eigenvalue weighted by Crippen LogP contribution is -2.34. The molecule has 0 aliphatic heterocycles. The Hall–Kier alpha value is -4.47. The first-order valence-corrected chi connectivity index (χ1v) is 12.2. The molecule has 0 spiro atoms. The van der Waals surface area contributed by atoms with Gasteiger partial charge in [0.05, 0.1) is 29.1 Å². The van der Waals surface area contributed by atoms with E-state index >= 15 is 0 Å². The molecule has 1 aromatic heterocycles. The Morgan fingerprint density at radius 2 is 1.71 bits per heavy atom. The number of fused-ring (bicyclic) bond motifs is 1. The highest BCUT2D eigenvalue weighted by Gasteiger charge is 2.21. The first-order valence-electron chi connectivity index (χ1n) is 12.2. The van der Waals surface area contributed by atoms with E-state index in [0.29, 0.717) is 58.6 Å². The minimum absolute atomic E-state index is 0.0662. The predicted octanol–water partition coefficient (Wildman–Crippen LogP) is 3.70. The molecule has 0 aliphatic rings. The first kappa shape index (κ1) is 26.6. The number of aliphatic hydroxyl groups excluding tert-OH is 1. The van der Waals surface area contributed by atoms with E-state index < -0.39 is 5.97 Å². The van der Waals surface area contributed by atoms with Crippen molar-refractivity contribution in [3.05, 3.63) is 94.5 Å². The number of carboxylic acid groups (broad SMARTS) is 1. The molecule has 1 amide bonds. The molecule has 4 aromatic rings. The van der Waals surface area contributed by atoms with Crippen LogP contribution in [0.15, 0.2) is 71.7 Å². The van der Waals surface area contributed by atoms with Crippen LogP contribution in [0.3, 0.4) is 0 Å². The molecule has 0 saturated carbocycles. The number of carboxylic acids is 1. The number of nitrogens with zero attached hydrogens (tertiary/aromatic N) is 2. The predicted molar refractivity (Wildman–Crippen MR) is 147 cm³/mol. The van der Waals surface area contributed by atoms with E-state index in [1.165, 1.54) is 6.07 Å². The van der Waals surface area contributed by atoms with Crippen LogP contribution in [0.25, 0.3) is 10.9 Å². The van der Waals surface area contributed by atoms with E-state index in [9.17, 15) is 19.8 Å². The number of benzene rings is 3. The number of amides is 1. The maximum absolute atomic E-state index is 12.5. The monoisotopic (exact) mass is 514 g/mol. The number of rotatable bonds is 10. The van der Waals surface area contributed by atoms with Gasteiger partial charge in [-0.2, -0.15) is 0 Å². The van der Waals surface area contributed by atoms with Crippen LogP contribution in [-0.2, 0) is 0 Å². The second-order valence-electron chi connectivity index (χ2n) is 9.02. The topological polar surface area (TPSA) is 138 Å². The van der Waals surface area contributed by atoms with Crippen molar-refractivity contribution < 1.29 is 24.9 Å². The zero-order valence-electron chi connectivity index (χ0n) is 21.2. The SMILES string of the molecule is Cc1cc2c(C(=Nc3ccc(C(=O)NCCN(C)CCO)cc3)c3ccccc3)c(O)[nH]c2cc1C(=O)O. The summed E-state index contributed by atoms with van der Waals surface area (Å²) >= 11 is 0. The number of carbonyl (C=O) groups is 2. The lowest BCUT2D eigenvalue weighted by atomic mass is 9.98. The number of likely N-dealkylation sites (N-methyl/N-ethyl adjacent to an activating group) is 1. The number of aromatic amines is 1. The number of H-pyrrole nitrogens is 1. The molecule has 196 valence electrons. The van der Waals surface area contributed by atoms with E-state index in [2.05, 4.69) is 10.3 Å². The summed E-state index contributed by atoms with van der Waals surface area (Å²) in [5.41, 5.74) is 3.99. The fraction of sp³-hybridized carbons (Fsp3) is 0.207. The Labute approximate surface area is 220 Å². The zero-order chi connectivity index (χ0) is 27.2. The maximum Gasteiger partial charge on any atom is 0.336 e. The van der Waals surface area contributed by atoms with E-state index in [1.807, 2.05) is 42.3 Å². The van der Waals surface area contributed by atoms with Gasteiger partial charge in [0, 0.05) is 41.7 Å². The summed E-state index contributed by atoms with van der Waals surface area (Å²) in [4.78, 5) is 33.8. The van der Waals surface area contributed by atoms with Crippen molar-refractivity contribution in [1.29, 1.82) is 0 Å². The number of nitrogens with one attached hydrogen (secondary N) is 2. The highest BCUT2D eigenvalue weighted by atomic mass is 16.4. The smallest absolute Gasteiger partial charge is 0.336 e. The van der Waals surface area contributed by atoms with Crippen molar-refractivity contribution in [2.24, 2.45) is 4.99 Å². The molecule has 38 heavy (non-hydrogen) atoms. The minimum atomic E-state index is -1.04. The average molecular weight is 515 g/mol. The molecule has 9 heteroatoms. The number of carbonyl (C=O) groups excluding carboxylic acids is 1. The Morgan fingerprint density at radius 3 is 2.37 bits per heavy atom. The normalized spacial score (nSPS) is 11.7.